The van der Waals surface area contributed by atoms with Crippen molar-refractivity contribution in [2.45, 2.75) is 19.8 Å². The summed E-state index contributed by atoms with van der Waals surface area (Å²) < 4.78 is 23.8. The molecule has 21 heavy (non-hydrogen) atoms. The van der Waals surface area contributed by atoms with Gasteiger partial charge in [0.05, 0.1) is 21.7 Å². The van der Waals surface area contributed by atoms with Crippen LogP contribution in [0.1, 0.15) is 18.4 Å². The molecule has 1 N–H and O–H groups in total. The number of fused-ring (bicyclic) bond motifs is 1. The van der Waals surface area contributed by atoms with Crippen molar-refractivity contribution in [3.8, 4) is 0 Å². The van der Waals surface area contributed by atoms with Crippen LogP contribution in [-0.4, -0.2) is 30.8 Å². The van der Waals surface area contributed by atoms with Crippen molar-refractivity contribution >= 4 is 42.4 Å². The largest absolute Gasteiger partial charge is 0.302 e. The van der Waals surface area contributed by atoms with Gasteiger partial charge >= 0.3 is 0 Å². The summed E-state index contributed by atoms with van der Waals surface area (Å²) in [5, 5.41) is 3.35. The van der Waals surface area contributed by atoms with E-state index in [1.165, 1.54) is 11.3 Å². The standard InChI is InChI=1S/C14H16N2O3S2/c1-9-2-3-11-12(6-9)20-14(15-11)16-13(17)7-10-4-5-21(18,19)8-10/h2-3,6,10H,4-5,7-8H2,1H3,(H,15,16,17)/t10-/m0/s1. The van der Waals surface area contributed by atoms with Gasteiger partial charge in [0.15, 0.2) is 15.0 Å². The first-order valence-electron chi connectivity index (χ1n) is 6.79. The van der Waals surface area contributed by atoms with E-state index in [4.69, 9.17) is 0 Å². The number of hydrogen-bond donors (Lipinski definition) is 1. The molecule has 0 saturated carbocycles. The Morgan fingerprint density at radius 2 is 2.29 bits per heavy atom. The predicted molar refractivity (Wildman–Crippen MR) is 84.4 cm³/mol. The Labute approximate surface area is 127 Å². The van der Waals surface area contributed by atoms with Gasteiger partial charge in [-0.05, 0) is 37.0 Å². The summed E-state index contributed by atoms with van der Waals surface area (Å²) in [5.74, 6) is 0.102. The second-order valence-electron chi connectivity index (χ2n) is 5.51. The minimum atomic E-state index is -2.93. The van der Waals surface area contributed by atoms with Crippen molar-refractivity contribution < 1.29 is 13.2 Å². The Kier molecular flexibility index (Phi) is 3.71. The van der Waals surface area contributed by atoms with Crippen LogP contribution in [0.4, 0.5) is 5.13 Å². The lowest BCUT2D eigenvalue weighted by Crippen LogP contribution is -2.17. The lowest BCUT2D eigenvalue weighted by Gasteiger charge is -2.06. The van der Waals surface area contributed by atoms with Gasteiger partial charge in [-0.1, -0.05) is 17.4 Å². The molecule has 0 bridgehead atoms. The fourth-order valence-corrected chi connectivity index (χ4v) is 5.39. The van der Waals surface area contributed by atoms with E-state index in [0.29, 0.717) is 11.6 Å². The minimum absolute atomic E-state index is 0.0633. The first-order valence-corrected chi connectivity index (χ1v) is 9.42. The molecule has 1 fully saturated rings. The lowest BCUT2D eigenvalue weighted by molar-refractivity contribution is -0.116. The Morgan fingerprint density at radius 3 is 3.00 bits per heavy atom. The van der Waals surface area contributed by atoms with Crippen molar-refractivity contribution in [2.75, 3.05) is 16.8 Å². The highest BCUT2D eigenvalue weighted by Gasteiger charge is 2.29. The highest BCUT2D eigenvalue weighted by molar-refractivity contribution is 7.91. The average Bonchev–Trinajstić information content (AvgIpc) is 2.91. The van der Waals surface area contributed by atoms with Crippen LogP contribution in [0.2, 0.25) is 0 Å². The van der Waals surface area contributed by atoms with E-state index in [-0.39, 0.29) is 29.8 Å². The number of rotatable bonds is 3. The second-order valence-corrected chi connectivity index (χ2v) is 8.77. The summed E-state index contributed by atoms with van der Waals surface area (Å²) in [6.07, 6.45) is 0.822. The van der Waals surface area contributed by atoms with Crippen LogP contribution in [0, 0.1) is 12.8 Å². The predicted octanol–water partition coefficient (Wildman–Crippen LogP) is 2.37. The highest BCUT2D eigenvalue weighted by atomic mass is 32.2. The Balaban J connectivity index is 1.66. The van der Waals surface area contributed by atoms with Crippen molar-refractivity contribution in [2.24, 2.45) is 5.92 Å². The number of aryl methyl sites for hydroxylation is 1. The zero-order valence-electron chi connectivity index (χ0n) is 11.6. The maximum Gasteiger partial charge on any atom is 0.226 e. The van der Waals surface area contributed by atoms with E-state index < -0.39 is 9.84 Å². The van der Waals surface area contributed by atoms with E-state index in [1.54, 1.807) is 0 Å². The van der Waals surface area contributed by atoms with Crippen LogP contribution in [0.5, 0.6) is 0 Å². The first-order chi connectivity index (χ1) is 9.91. The zero-order valence-corrected chi connectivity index (χ0v) is 13.3. The summed E-state index contributed by atoms with van der Waals surface area (Å²) in [4.78, 5) is 16.3. The number of carbonyl (C=O) groups excluding carboxylic acids is 1. The third kappa shape index (κ3) is 3.41. The van der Waals surface area contributed by atoms with Gasteiger partial charge in [0, 0.05) is 6.42 Å². The normalized spacial score (nSPS) is 20.7. The first kappa shape index (κ1) is 14.5. The Hall–Kier alpha value is -1.47. The number of amides is 1. The van der Waals surface area contributed by atoms with Gasteiger partial charge < -0.3 is 5.32 Å². The fourth-order valence-electron chi connectivity index (χ4n) is 2.55. The zero-order chi connectivity index (χ0) is 15.0. The molecular weight excluding hydrogens is 308 g/mol. The number of nitrogens with zero attached hydrogens (tertiary/aromatic N) is 1. The van der Waals surface area contributed by atoms with Crippen molar-refractivity contribution in [3.05, 3.63) is 23.8 Å². The summed E-state index contributed by atoms with van der Waals surface area (Å²) in [7, 11) is -2.93. The van der Waals surface area contributed by atoms with Gasteiger partial charge in [-0.3, -0.25) is 4.79 Å². The molecule has 2 heterocycles. The molecule has 1 aliphatic rings. The minimum Gasteiger partial charge on any atom is -0.302 e. The van der Waals surface area contributed by atoms with E-state index in [0.717, 1.165) is 15.8 Å². The van der Waals surface area contributed by atoms with E-state index in [9.17, 15) is 13.2 Å². The quantitative estimate of drug-likeness (QED) is 0.940. The molecule has 0 radical (unpaired) electrons. The SMILES string of the molecule is Cc1ccc2nc(NC(=O)C[C@@H]3CCS(=O)(=O)C3)sc2c1. The van der Waals surface area contributed by atoms with Crippen LogP contribution >= 0.6 is 11.3 Å². The number of nitrogens with one attached hydrogen (secondary N) is 1. The maximum absolute atomic E-state index is 12.0. The molecule has 1 aromatic heterocycles. The molecule has 1 amide bonds. The number of carbonyl (C=O) groups is 1. The molecule has 0 spiro atoms. The van der Waals surface area contributed by atoms with E-state index in [2.05, 4.69) is 10.3 Å². The third-order valence-electron chi connectivity index (χ3n) is 3.59. The van der Waals surface area contributed by atoms with Gasteiger partial charge in [0.1, 0.15) is 0 Å². The van der Waals surface area contributed by atoms with E-state index >= 15 is 0 Å². The van der Waals surface area contributed by atoms with Gasteiger partial charge in [-0.15, -0.1) is 0 Å². The summed E-state index contributed by atoms with van der Waals surface area (Å²) >= 11 is 1.44. The molecule has 1 atom stereocenters. The van der Waals surface area contributed by atoms with Crippen LogP contribution in [-0.2, 0) is 14.6 Å². The van der Waals surface area contributed by atoms with Crippen molar-refractivity contribution in [3.63, 3.8) is 0 Å². The lowest BCUT2D eigenvalue weighted by atomic mass is 10.1. The van der Waals surface area contributed by atoms with Crippen LogP contribution in [0.25, 0.3) is 10.2 Å². The van der Waals surface area contributed by atoms with Crippen LogP contribution in [0.15, 0.2) is 18.2 Å². The topological polar surface area (TPSA) is 76.1 Å². The summed E-state index contributed by atoms with van der Waals surface area (Å²) in [6, 6.07) is 5.95. The van der Waals surface area contributed by atoms with Gasteiger partial charge in [0.2, 0.25) is 5.91 Å². The molecule has 1 aromatic carbocycles. The summed E-state index contributed by atoms with van der Waals surface area (Å²) in [5.41, 5.74) is 2.02. The van der Waals surface area contributed by atoms with Crippen molar-refractivity contribution in [1.82, 2.24) is 4.98 Å². The van der Waals surface area contributed by atoms with Crippen LogP contribution in [0.3, 0.4) is 0 Å². The summed E-state index contributed by atoms with van der Waals surface area (Å²) in [6.45, 7) is 2.01. The molecule has 1 aliphatic heterocycles. The number of anilines is 1. The van der Waals surface area contributed by atoms with E-state index in [1.807, 2.05) is 25.1 Å². The number of thiazole rings is 1. The molecule has 5 nitrogen and oxygen atoms in total. The molecular formula is C14H16N2O3S2. The van der Waals surface area contributed by atoms with Gasteiger partial charge in [-0.25, -0.2) is 13.4 Å². The maximum atomic E-state index is 12.0. The number of benzene rings is 1. The van der Waals surface area contributed by atoms with Crippen molar-refractivity contribution in [1.29, 1.82) is 0 Å². The fraction of sp³-hybridized carbons (Fsp3) is 0.429. The third-order valence-corrected chi connectivity index (χ3v) is 6.36. The van der Waals surface area contributed by atoms with Gasteiger partial charge in [0.25, 0.3) is 0 Å². The average molecular weight is 324 g/mol. The molecule has 112 valence electrons. The Bertz CT molecular complexity index is 796. The second kappa shape index (κ2) is 5.38. The molecule has 0 unspecified atom stereocenters. The molecule has 2 aromatic rings. The molecule has 7 heteroatoms. The van der Waals surface area contributed by atoms with Crippen LogP contribution < -0.4 is 5.32 Å². The highest BCUT2D eigenvalue weighted by Crippen LogP contribution is 2.27. The number of hydrogen-bond acceptors (Lipinski definition) is 5. The Morgan fingerprint density at radius 1 is 1.48 bits per heavy atom. The molecule has 3 rings (SSSR count). The number of sulfone groups is 1. The number of aromatic nitrogens is 1. The monoisotopic (exact) mass is 324 g/mol. The molecule has 1 saturated heterocycles. The molecule has 0 aliphatic carbocycles. The smallest absolute Gasteiger partial charge is 0.226 e. The van der Waals surface area contributed by atoms with Gasteiger partial charge in [-0.2, -0.15) is 0 Å².